The lowest BCUT2D eigenvalue weighted by Crippen LogP contribution is -2.53. The molecule has 0 aliphatic carbocycles. The van der Waals surface area contributed by atoms with Crippen LogP contribution in [0.1, 0.15) is 43.9 Å². The third-order valence-electron chi connectivity index (χ3n) is 5.82. The summed E-state index contributed by atoms with van der Waals surface area (Å²) in [7, 11) is 1.29. The number of nitrogens with one attached hydrogen (secondary N) is 1. The zero-order chi connectivity index (χ0) is 26.2. The topological polar surface area (TPSA) is 88.4 Å². The van der Waals surface area contributed by atoms with E-state index in [0.717, 1.165) is 16.7 Å². The van der Waals surface area contributed by atoms with E-state index < -0.39 is 35.0 Å². The van der Waals surface area contributed by atoms with E-state index in [9.17, 15) is 14.9 Å². The molecule has 0 saturated carbocycles. The van der Waals surface area contributed by atoms with E-state index in [1.54, 1.807) is 20.8 Å². The van der Waals surface area contributed by atoms with Crippen molar-refractivity contribution in [1.29, 1.82) is 5.26 Å². The van der Waals surface area contributed by atoms with Crippen molar-refractivity contribution < 1.29 is 19.1 Å². The highest BCUT2D eigenvalue weighted by Crippen LogP contribution is 2.38. The molecule has 0 radical (unpaired) electrons. The fourth-order valence-electron chi connectivity index (χ4n) is 4.24. The van der Waals surface area contributed by atoms with E-state index in [4.69, 9.17) is 9.47 Å². The van der Waals surface area contributed by atoms with Gasteiger partial charge in [-0.1, -0.05) is 91.0 Å². The highest BCUT2D eigenvalue weighted by Gasteiger charge is 2.42. The Morgan fingerprint density at radius 1 is 0.806 bits per heavy atom. The fourth-order valence-corrected chi connectivity index (χ4v) is 4.24. The maximum Gasteiger partial charge on any atom is 0.323 e. The number of nitriles is 1. The first-order valence-corrected chi connectivity index (χ1v) is 11.9. The van der Waals surface area contributed by atoms with Gasteiger partial charge in [-0.2, -0.15) is 5.26 Å². The van der Waals surface area contributed by atoms with Gasteiger partial charge >= 0.3 is 11.9 Å². The van der Waals surface area contributed by atoms with Crippen molar-refractivity contribution in [2.24, 2.45) is 5.92 Å². The first-order valence-electron chi connectivity index (χ1n) is 11.9. The molecule has 0 spiro atoms. The van der Waals surface area contributed by atoms with E-state index in [-0.39, 0.29) is 6.42 Å². The summed E-state index contributed by atoms with van der Waals surface area (Å²) in [5.74, 6) is -2.42. The van der Waals surface area contributed by atoms with Crippen molar-refractivity contribution in [3.8, 4) is 6.07 Å². The van der Waals surface area contributed by atoms with Crippen LogP contribution in [-0.4, -0.2) is 30.7 Å². The van der Waals surface area contributed by atoms with Crippen molar-refractivity contribution in [2.75, 3.05) is 7.11 Å². The Balaban J connectivity index is 2.16. The van der Waals surface area contributed by atoms with E-state index in [2.05, 4.69) is 5.32 Å². The third-order valence-corrected chi connectivity index (χ3v) is 5.82. The van der Waals surface area contributed by atoms with Gasteiger partial charge in [0.05, 0.1) is 18.7 Å². The molecule has 0 aromatic heterocycles. The number of ether oxygens (including phenoxy) is 2. The van der Waals surface area contributed by atoms with Gasteiger partial charge in [0.25, 0.3) is 0 Å². The molecule has 1 N–H and O–H groups in total. The Labute approximate surface area is 212 Å². The average Bonchev–Trinajstić information content (AvgIpc) is 2.89. The lowest BCUT2D eigenvalue weighted by atomic mass is 9.76. The van der Waals surface area contributed by atoms with Crippen LogP contribution in [0.5, 0.6) is 0 Å². The lowest BCUT2D eigenvalue weighted by molar-refractivity contribution is -0.158. The van der Waals surface area contributed by atoms with Gasteiger partial charge in [0.2, 0.25) is 0 Å². The number of hydrogen-bond donors (Lipinski definition) is 1. The minimum absolute atomic E-state index is 0.119. The second-order valence-corrected chi connectivity index (χ2v) is 9.52. The summed E-state index contributed by atoms with van der Waals surface area (Å²) in [5.41, 5.74) is 0.935. The summed E-state index contributed by atoms with van der Waals surface area (Å²) in [5, 5.41) is 13.3. The summed E-state index contributed by atoms with van der Waals surface area (Å²) >= 11 is 0. The van der Waals surface area contributed by atoms with Gasteiger partial charge in [0, 0.05) is 0 Å². The van der Waals surface area contributed by atoms with Crippen LogP contribution in [0.3, 0.4) is 0 Å². The van der Waals surface area contributed by atoms with Gasteiger partial charge in [0.1, 0.15) is 17.6 Å². The van der Waals surface area contributed by atoms with Crippen molar-refractivity contribution in [3.05, 3.63) is 108 Å². The number of esters is 2. The molecule has 6 nitrogen and oxygen atoms in total. The lowest BCUT2D eigenvalue weighted by Gasteiger charge is -2.39. The molecule has 36 heavy (non-hydrogen) atoms. The Morgan fingerprint density at radius 3 is 1.56 bits per heavy atom. The molecule has 186 valence electrons. The molecule has 0 fully saturated rings. The van der Waals surface area contributed by atoms with Crippen LogP contribution in [-0.2, 0) is 24.6 Å². The predicted octanol–water partition coefficient (Wildman–Crippen LogP) is 4.98. The largest absolute Gasteiger partial charge is 0.468 e. The van der Waals surface area contributed by atoms with Gasteiger partial charge in [-0.05, 0) is 43.9 Å². The number of carbonyl (C=O) groups is 2. The number of hydrogen-bond acceptors (Lipinski definition) is 6. The van der Waals surface area contributed by atoms with Crippen LogP contribution in [0.25, 0.3) is 0 Å². The Morgan fingerprint density at radius 2 is 1.22 bits per heavy atom. The summed E-state index contributed by atoms with van der Waals surface area (Å²) in [6.45, 7) is 5.21. The van der Waals surface area contributed by atoms with Crippen LogP contribution in [0, 0.1) is 17.2 Å². The van der Waals surface area contributed by atoms with Crippen molar-refractivity contribution in [3.63, 3.8) is 0 Å². The van der Waals surface area contributed by atoms with Crippen molar-refractivity contribution in [1.82, 2.24) is 5.32 Å². The summed E-state index contributed by atoms with van der Waals surface area (Å²) < 4.78 is 10.6. The van der Waals surface area contributed by atoms with E-state index in [1.807, 2.05) is 97.1 Å². The number of nitrogens with zero attached hydrogens (tertiary/aromatic N) is 1. The number of benzene rings is 3. The molecule has 0 aliphatic rings. The van der Waals surface area contributed by atoms with E-state index in [0.29, 0.717) is 0 Å². The molecule has 6 heteroatoms. The molecule has 0 aliphatic heterocycles. The third kappa shape index (κ3) is 6.18. The molecule has 2 atom stereocenters. The number of methoxy groups -OCH3 is 1. The number of rotatable bonds is 9. The first kappa shape index (κ1) is 26.7. The normalized spacial score (nSPS) is 13.2. The first-order chi connectivity index (χ1) is 17.2. The Hall–Kier alpha value is -3.95. The van der Waals surface area contributed by atoms with Gasteiger partial charge in [-0.25, -0.2) is 0 Å². The van der Waals surface area contributed by atoms with Crippen LogP contribution < -0.4 is 5.32 Å². The standard InChI is InChI=1S/C30H32N2O4/c1-29(2,3)36-27(33)22(21-31)20-26(28(34)35-4)32-30(23-14-8-5-9-15-23,24-16-10-6-11-17-24)25-18-12-7-13-19-25/h5-19,22,26,32H,20H2,1-4H3/t22-,26+/m1/s1. The average molecular weight is 485 g/mol. The number of carbonyl (C=O) groups excluding carboxylic acids is 2. The van der Waals surface area contributed by atoms with E-state index >= 15 is 0 Å². The fraction of sp³-hybridized carbons (Fsp3) is 0.300. The van der Waals surface area contributed by atoms with Gasteiger partial charge in [-0.3, -0.25) is 14.9 Å². The monoisotopic (exact) mass is 484 g/mol. The molecule has 0 heterocycles. The SMILES string of the molecule is COC(=O)[C@H](C[C@H](C#N)C(=O)OC(C)(C)C)NC(c1ccccc1)(c1ccccc1)c1ccccc1. The quantitative estimate of drug-likeness (QED) is 0.340. The highest BCUT2D eigenvalue weighted by molar-refractivity contribution is 5.80. The molecular weight excluding hydrogens is 452 g/mol. The highest BCUT2D eigenvalue weighted by atomic mass is 16.6. The van der Waals surface area contributed by atoms with Gasteiger partial charge in [-0.15, -0.1) is 0 Å². The Kier molecular flexibility index (Phi) is 8.63. The molecule has 3 aromatic carbocycles. The van der Waals surface area contributed by atoms with Gasteiger partial charge in [0.15, 0.2) is 0 Å². The van der Waals surface area contributed by atoms with Crippen molar-refractivity contribution >= 4 is 11.9 Å². The maximum atomic E-state index is 13.1. The minimum Gasteiger partial charge on any atom is -0.468 e. The Bertz CT molecular complexity index is 1090. The summed E-state index contributed by atoms with van der Waals surface area (Å²) in [6.07, 6.45) is -0.119. The second-order valence-electron chi connectivity index (χ2n) is 9.52. The molecule has 3 rings (SSSR count). The van der Waals surface area contributed by atoms with E-state index in [1.165, 1.54) is 7.11 Å². The smallest absolute Gasteiger partial charge is 0.323 e. The van der Waals surface area contributed by atoms with Crippen LogP contribution in [0.15, 0.2) is 91.0 Å². The minimum atomic E-state index is -1.17. The van der Waals surface area contributed by atoms with Gasteiger partial charge < -0.3 is 9.47 Å². The van der Waals surface area contributed by atoms with Crippen LogP contribution in [0.2, 0.25) is 0 Å². The van der Waals surface area contributed by atoms with Crippen LogP contribution in [0.4, 0.5) is 0 Å². The van der Waals surface area contributed by atoms with Crippen molar-refractivity contribution in [2.45, 2.75) is 44.4 Å². The summed E-state index contributed by atoms with van der Waals surface area (Å²) in [6, 6.07) is 30.3. The van der Waals surface area contributed by atoms with Crippen LogP contribution >= 0.6 is 0 Å². The molecule has 0 bridgehead atoms. The zero-order valence-corrected chi connectivity index (χ0v) is 21.1. The second kappa shape index (κ2) is 11.7. The molecule has 0 saturated heterocycles. The molecule has 3 aromatic rings. The maximum absolute atomic E-state index is 13.1. The molecular formula is C30H32N2O4. The molecule has 0 amide bonds. The zero-order valence-electron chi connectivity index (χ0n) is 21.1. The molecule has 0 unspecified atom stereocenters. The predicted molar refractivity (Wildman–Crippen MR) is 138 cm³/mol. The summed E-state index contributed by atoms with van der Waals surface area (Å²) in [4.78, 5) is 25.9.